The Kier molecular flexibility index (Phi) is 4.70. The van der Waals surface area contributed by atoms with Gasteiger partial charge in [-0.2, -0.15) is 0 Å². The molecule has 30 heavy (non-hydrogen) atoms. The Morgan fingerprint density at radius 3 is 2.27 bits per heavy atom. The van der Waals surface area contributed by atoms with Crippen LogP contribution in [0.1, 0.15) is 0 Å². The summed E-state index contributed by atoms with van der Waals surface area (Å²) in [5, 5.41) is 10.9. The molecule has 2 aromatic heterocycles. The normalized spacial score (nSPS) is 11.8. The molecule has 0 saturated carbocycles. The van der Waals surface area contributed by atoms with Crippen molar-refractivity contribution in [3.05, 3.63) is 75.9 Å². The van der Waals surface area contributed by atoms with Crippen LogP contribution in [-0.2, 0) is 0 Å². The van der Waals surface area contributed by atoms with Gasteiger partial charge in [0.2, 0.25) is 0 Å². The highest BCUT2D eigenvalue weighted by Gasteiger charge is 2.31. The first-order valence-corrected chi connectivity index (χ1v) is 8.80. The molecule has 0 unspecified atom stereocenters. The minimum absolute atomic E-state index is 0.0942. The van der Waals surface area contributed by atoms with Crippen molar-refractivity contribution in [1.82, 2.24) is 9.55 Å². The second kappa shape index (κ2) is 7.10. The smallest absolute Gasteiger partial charge is 0.505 e. The lowest BCUT2D eigenvalue weighted by Crippen LogP contribution is -2.17. The Bertz CT molecular complexity index is 1290. The van der Waals surface area contributed by atoms with E-state index in [9.17, 15) is 27.5 Å². The van der Waals surface area contributed by atoms with E-state index in [0.717, 1.165) is 24.3 Å². The summed E-state index contributed by atoms with van der Waals surface area (Å²) in [7, 11) is 0. The number of benzene rings is 2. The van der Waals surface area contributed by atoms with Gasteiger partial charge in [-0.25, -0.2) is 4.39 Å². The van der Waals surface area contributed by atoms with Crippen LogP contribution in [0.2, 0.25) is 5.15 Å². The van der Waals surface area contributed by atoms with Crippen LogP contribution in [0.15, 0.2) is 59.4 Å². The summed E-state index contributed by atoms with van der Waals surface area (Å²) in [6.07, 6.45) is -4.83. The van der Waals surface area contributed by atoms with Crippen molar-refractivity contribution in [1.29, 1.82) is 0 Å². The summed E-state index contributed by atoms with van der Waals surface area (Å²) in [6, 6.07) is 11.2. The number of halogens is 5. The topological polar surface area (TPSA) is 67.2 Å². The van der Waals surface area contributed by atoms with Gasteiger partial charge in [0.15, 0.2) is 5.75 Å². The number of nitrogens with zero attached hydrogens (tertiary/aromatic N) is 1. The van der Waals surface area contributed by atoms with Crippen LogP contribution >= 0.6 is 11.6 Å². The molecule has 4 rings (SSSR count). The van der Waals surface area contributed by atoms with Gasteiger partial charge in [-0.3, -0.25) is 9.36 Å². The number of hydrogen-bond donors (Lipinski definition) is 2. The van der Waals surface area contributed by atoms with E-state index in [0.29, 0.717) is 5.69 Å². The number of hydrogen-bond acceptors (Lipinski definition) is 3. The van der Waals surface area contributed by atoms with Gasteiger partial charge in [-0.15, -0.1) is 13.2 Å². The summed E-state index contributed by atoms with van der Waals surface area (Å²) < 4.78 is 55.5. The number of aromatic hydroxyl groups is 1. The molecule has 0 spiro atoms. The maximum atomic E-state index is 13.2. The van der Waals surface area contributed by atoms with Gasteiger partial charge in [-0.1, -0.05) is 23.7 Å². The lowest BCUT2D eigenvalue weighted by molar-refractivity contribution is -0.274. The van der Waals surface area contributed by atoms with Crippen molar-refractivity contribution >= 4 is 22.6 Å². The van der Waals surface area contributed by atoms with E-state index in [1.54, 1.807) is 0 Å². The molecule has 4 aromatic rings. The predicted molar refractivity (Wildman–Crippen MR) is 103 cm³/mol. The largest absolute Gasteiger partial charge is 0.573 e. The fourth-order valence-electron chi connectivity index (χ4n) is 3.15. The molecule has 2 aromatic carbocycles. The third-order valence-electron chi connectivity index (χ3n) is 4.35. The Labute approximate surface area is 170 Å². The lowest BCUT2D eigenvalue weighted by atomic mass is 10.1. The standard InChI is InChI=1S/C20H11ClF4N2O3/c21-15-9-14-17(27(15)12-5-7-13(8-6-12)30-20(23,24)25)18(28)16(19(29)26-14)10-1-3-11(22)4-2-10/h1-9H,(H2,26,28,29). The fraction of sp³-hybridized carbons (Fsp3) is 0.0500. The predicted octanol–water partition coefficient (Wildman–Crippen LogP) is 5.38. The van der Waals surface area contributed by atoms with Crippen molar-refractivity contribution in [2.75, 3.05) is 0 Å². The Balaban J connectivity index is 1.89. The molecule has 0 aliphatic carbocycles. The SMILES string of the molecule is O=c1[nH]c2cc(Cl)n(-c3ccc(OC(F)(F)F)cc3)c2c(O)c1-c1ccc(F)cc1. The lowest BCUT2D eigenvalue weighted by Gasteiger charge is -2.12. The van der Waals surface area contributed by atoms with E-state index in [-0.39, 0.29) is 27.3 Å². The molecule has 0 aliphatic rings. The first-order valence-electron chi connectivity index (χ1n) is 8.42. The summed E-state index contributed by atoms with van der Waals surface area (Å²) in [6.45, 7) is 0. The van der Waals surface area contributed by atoms with Crippen LogP contribution in [0.5, 0.6) is 11.5 Å². The van der Waals surface area contributed by atoms with Gasteiger partial charge in [0.05, 0.1) is 11.1 Å². The number of fused-ring (bicyclic) bond motifs is 1. The third kappa shape index (κ3) is 3.59. The first kappa shape index (κ1) is 19.8. The zero-order valence-corrected chi connectivity index (χ0v) is 15.6. The quantitative estimate of drug-likeness (QED) is 0.422. The van der Waals surface area contributed by atoms with E-state index < -0.39 is 29.2 Å². The maximum absolute atomic E-state index is 13.2. The minimum atomic E-state index is -4.83. The molecule has 5 nitrogen and oxygen atoms in total. The van der Waals surface area contributed by atoms with E-state index in [4.69, 9.17) is 11.6 Å². The molecule has 0 saturated heterocycles. The number of aromatic amines is 1. The van der Waals surface area contributed by atoms with Gasteiger partial charge < -0.3 is 14.8 Å². The van der Waals surface area contributed by atoms with Crippen molar-refractivity contribution in [2.24, 2.45) is 0 Å². The second-order valence-electron chi connectivity index (χ2n) is 6.29. The van der Waals surface area contributed by atoms with Crippen LogP contribution in [0.25, 0.3) is 27.8 Å². The summed E-state index contributed by atoms with van der Waals surface area (Å²) >= 11 is 6.26. The highest BCUT2D eigenvalue weighted by Crippen LogP contribution is 2.37. The number of pyridine rings is 1. The molecule has 154 valence electrons. The fourth-order valence-corrected chi connectivity index (χ4v) is 3.44. The maximum Gasteiger partial charge on any atom is 0.573 e. The zero-order chi connectivity index (χ0) is 21.6. The van der Waals surface area contributed by atoms with E-state index in [1.807, 2.05) is 0 Å². The van der Waals surface area contributed by atoms with Crippen molar-refractivity contribution in [2.45, 2.75) is 6.36 Å². The van der Waals surface area contributed by atoms with Gasteiger partial charge in [0.1, 0.15) is 22.2 Å². The van der Waals surface area contributed by atoms with Crippen LogP contribution in [0.3, 0.4) is 0 Å². The number of rotatable bonds is 3. The Hall–Kier alpha value is -3.46. The third-order valence-corrected chi connectivity index (χ3v) is 4.63. The molecule has 0 radical (unpaired) electrons. The first-order chi connectivity index (χ1) is 14.1. The molecule has 0 atom stereocenters. The van der Waals surface area contributed by atoms with Gasteiger partial charge in [0.25, 0.3) is 5.56 Å². The molecule has 0 amide bonds. The number of ether oxygens (including phenoxy) is 1. The van der Waals surface area contributed by atoms with Gasteiger partial charge in [-0.05, 0) is 48.0 Å². The molecule has 2 heterocycles. The van der Waals surface area contributed by atoms with Crippen molar-refractivity contribution in [3.63, 3.8) is 0 Å². The number of aromatic nitrogens is 2. The summed E-state index contributed by atoms with van der Waals surface area (Å²) in [5.41, 5.74) is 0.212. The second-order valence-corrected chi connectivity index (χ2v) is 6.68. The highest BCUT2D eigenvalue weighted by molar-refractivity contribution is 6.31. The number of nitrogens with one attached hydrogen (secondary N) is 1. The summed E-state index contributed by atoms with van der Waals surface area (Å²) in [5.74, 6) is -1.35. The average Bonchev–Trinajstić information content (AvgIpc) is 2.98. The highest BCUT2D eigenvalue weighted by atomic mass is 35.5. The van der Waals surface area contributed by atoms with Crippen molar-refractivity contribution in [3.8, 4) is 28.3 Å². The molecule has 0 bridgehead atoms. The zero-order valence-electron chi connectivity index (χ0n) is 14.8. The molecular formula is C20H11ClF4N2O3. The minimum Gasteiger partial charge on any atom is -0.505 e. The molecule has 0 aliphatic heterocycles. The molecule has 10 heteroatoms. The number of H-pyrrole nitrogens is 1. The Morgan fingerprint density at radius 2 is 1.67 bits per heavy atom. The van der Waals surface area contributed by atoms with E-state index in [2.05, 4.69) is 9.72 Å². The monoisotopic (exact) mass is 438 g/mol. The summed E-state index contributed by atoms with van der Waals surface area (Å²) in [4.78, 5) is 15.1. The van der Waals surface area contributed by atoms with Crippen LogP contribution < -0.4 is 10.3 Å². The molecule has 0 fully saturated rings. The molecular weight excluding hydrogens is 428 g/mol. The van der Waals surface area contributed by atoms with Crippen LogP contribution in [0.4, 0.5) is 17.6 Å². The Morgan fingerprint density at radius 1 is 1.03 bits per heavy atom. The van der Waals surface area contributed by atoms with Crippen LogP contribution in [-0.4, -0.2) is 21.0 Å². The van der Waals surface area contributed by atoms with E-state index >= 15 is 0 Å². The van der Waals surface area contributed by atoms with Crippen LogP contribution in [0, 0.1) is 5.82 Å². The molecule has 2 N–H and O–H groups in total. The van der Waals surface area contributed by atoms with E-state index in [1.165, 1.54) is 34.9 Å². The number of alkyl halides is 3. The van der Waals surface area contributed by atoms with Gasteiger partial charge >= 0.3 is 6.36 Å². The van der Waals surface area contributed by atoms with Gasteiger partial charge in [0, 0.05) is 5.69 Å². The van der Waals surface area contributed by atoms with Crippen molar-refractivity contribution < 1.29 is 27.4 Å². The average molecular weight is 439 g/mol.